The number of rotatable bonds is 42. The van der Waals surface area contributed by atoms with E-state index in [1.54, 1.807) is 0 Å². The molecule has 0 aliphatic heterocycles. The number of para-hydroxylation sites is 1. The minimum Gasteiger partial charge on any atom is -0.491 e. The summed E-state index contributed by atoms with van der Waals surface area (Å²) in [6, 6.07) is 19.2. The zero-order valence-electron chi connectivity index (χ0n) is 33.0. The maximum atomic E-state index is 11.7. The largest absolute Gasteiger partial charge is 0.491 e. The van der Waals surface area contributed by atoms with E-state index in [1.807, 2.05) is 60.7 Å². The first-order chi connectivity index (χ1) is 27.8. The Morgan fingerprint density at radius 1 is 0.357 bits per heavy atom. The molecule has 0 aliphatic rings. The fourth-order valence-corrected chi connectivity index (χ4v) is 4.26. The third kappa shape index (κ3) is 34.3. The maximum Gasteiger partial charge on any atom is 0.407 e. The molecule has 0 aliphatic carbocycles. The normalized spacial score (nSPS) is 11.2. The molecule has 0 spiro atoms. The quantitative estimate of drug-likeness (QED) is 0.0976. The Hall–Kier alpha value is -2.97. The summed E-state index contributed by atoms with van der Waals surface area (Å²) in [5.41, 5.74) is 0.936. The smallest absolute Gasteiger partial charge is 0.407 e. The highest BCUT2D eigenvalue weighted by Gasteiger charge is 2.02. The van der Waals surface area contributed by atoms with E-state index >= 15 is 0 Å². The Labute approximate surface area is 332 Å². The zero-order chi connectivity index (χ0) is 39.5. The molecule has 0 saturated heterocycles. The average molecular weight is 800 g/mol. The van der Waals surface area contributed by atoms with Crippen LogP contribution in [0, 0.1) is 0 Å². The van der Waals surface area contributed by atoms with Crippen molar-refractivity contribution in [1.29, 1.82) is 0 Å². The molecule has 56 heavy (non-hydrogen) atoms. The van der Waals surface area contributed by atoms with Crippen molar-refractivity contribution in [2.45, 2.75) is 6.61 Å². The van der Waals surface area contributed by atoms with Crippen molar-refractivity contribution in [3.05, 3.63) is 66.2 Å². The molecule has 0 unspecified atom stereocenters. The highest BCUT2D eigenvalue weighted by atomic mass is 16.6. The molecule has 0 fully saturated rings. The van der Waals surface area contributed by atoms with Crippen LogP contribution in [0.5, 0.6) is 5.75 Å². The second kappa shape index (κ2) is 40.2. The van der Waals surface area contributed by atoms with Crippen molar-refractivity contribution in [1.82, 2.24) is 5.32 Å². The number of nitrogens with one attached hydrogen (secondary N) is 1. The van der Waals surface area contributed by atoms with E-state index in [9.17, 15) is 4.79 Å². The molecular formula is C40H65NO15. The van der Waals surface area contributed by atoms with Crippen molar-refractivity contribution in [3.63, 3.8) is 0 Å². The maximum absolute atomic E-state index is 11.7. The number of hydrogen-bond acceptors (Lipinski definition) is 15. The lowest BCUT2D eigenvalue weighted by Crippen LogP contribution is -2.28. The fourth-order valence-electron chi connectivity index (χ4n) is 4.26. The van der Waals surface area contributed by atoms with E-state index in [-0.39, 0.29) is 6.61 Å². The summed E-state index contributed by atoms with van der Waals surface area (Å²) in [5.74, 6) is 0.839. The Kier molecular flexibility index (Phi) is 35.3. The van der Waals surface area contributed by atoms with E-state index in [0.717, 1.165) is 11.3 Å². The van der Waals surface area contributed by atoms with Crippen LogP contribution in [0.25, 0.3) is 0 Å². The highest BCUT2D eigenvalue weighted by Crippen LogP contribution is 2.07. The van der Waals surface area contributed by atoms with E-state index in [4.69, 9.17) is 66.3 Å². The van der Waals surface area contributed by atoms with Gasteiger partial charge in [0.05, 0.1) is 159 Å². The van der Waals surface area contributed by atoms with Crippen LogP contribution in [0.2, 0.25) is 0 Å². The van der Waals surface area contributed by atoms with Gasteiger partial charge in [-0.05, 0) is 17.7 Å². The summed E-state index contributed by atoms with van der Waals surface area (Å²) in [6.45, 7) is 12.8. The monoisotopic (exact) mass is 799 g/mol. The van der Waals surface area contributed by atoms with Gasteiger partial charge in [-0.15, -0.1) is 0 Å². The molecule has 2 aromatic carbocycles. The van der Waals surface area contributed by atoms with Crippen molar-refractivity contribution < 1.29 is 71.1 Å². The number of ether oxygens (including phenoxy) is 14. The number of carbonyl (C=O) groups is 1. The molecule has 0 saturated carbocycles. The minimum atomic E-state index is -0.471. The number of amides is 1. The molecule has 320 valence electrons. The third-order valence-electron chi connectivity index (χ3n) is 7.06. The standard InChI is InChI=1S/C40H65NO15/c42-40(56-37-38-7-3-1-4-8-38)41-11-12-43-13-14-44-15-16-45-17-18-46-19-20-47-21-22-48-23-24-49-25-26-50-27-28-51-29-30-52-31-32-53-33-34-54-35-36-55-39-9-5-2-6-10-39/h1-10H,11-37H2,(H,41,42). The molecule has 16 nitrogen and oxygen atoms in total. The van der Waals surface area contributed by atoms with Gasteiger partial charge in [-0.3, -0.25) is 0 Å². The Balaban J connectivity index is 1.12. The first-order valence-electron chi connectivity index (χ1n) is 19.4. The number of alkyl carbamates (subject to hydrolysis) is 1. The number of carbonyl (C=O) groups excluding carboxylic acids is 1. The van der Waals surface area contributed by atoms with Crippen LogP contribution in [0.4, 0.5) is 4.79 Å². The van der Waals surface area contributed by atoms with Gasteiger partial charge in [0.2, 0.25) is 0 Å². The van der Waals surface area contributed by atoms with Gasteiger partial charge in [0.1, 0.15) is 19.0 Å². The van der Waals surface area contributed by atoms with Crippen LogP contribution >= 0.6 is 0 Å². The Morgan fingerprint density at radius 3 is 0.982 bits per heavy atom. The van der Waals surface area contributed by atoms with Crippen LogP contribution in [0.1, 0.15) is 5.56 Å². The lowest BCUT2D eigenvalue weighted by molar-refractivity contribution is -0.0285. The molecule has 0 bridgehead atoms. The lowest BCUT2D eigenvalue weighted by atomic mass is 10.2. The zero-order valence-corrected chi connectivity index (χ0v) is 33.0. The van der Waals surface area contributed by atoms with Gasteiger partial charge in [0.25, 0.3) is 0 Å². The molecule has 2 aromatic rings. The summed E-state index contributed by atoms with van der Waals surface area (Å²) >= 11 is 0. The molecule has 1 amide bonds. The van der Waals surface area contributed by atoms with Crippen molar-refractivity contribution in [3.8, 4) is 5.75 Å². The van der Waals surface area contributed by atoms with Crippen LogP contribution in [0.3, 0.4) is 0 Å². The van der Waals surface area contributed by atoms with Gasteiger partial charge in [-0.25, -0.2) is 4.79 Å². The van der Waals surface area contributed by atoms with Crippen molar-refractivity contribution in [2.24, 2.45) is 0 Å². The summed E-state index contributed by atoms with van der Waals surface area (Å²) in [5, 5.41) is 2.64. The van der Waals surface area contributed by atoms with E-state index in [0.29, 0.717) is 172 Å². The Bertz CT molecular complexity index is 1090. The highest BCUT2D eigenvalue weighted by molar-refractivity contribution is 5.67. The second-order valence-corrected chi connectivity index (χ2v) is 11.5. The molecular weight excluding hydrogens is 734 g/mol. The van der Waals surface area contributed by atoms with Crippen LogP contribution in [0.15, 0.2) is 60.7 Å². The van der Waals surface area contributed by atoms with E-state index in [1.165, 1.54) is 0 Å². The lowest BCUT2D eigenvalue weighted by Gasteiger charge is -2.09. The topological polar surface area (TPSA) is 158 Å². The minimum absolute atomic E-state index is 0.235. The van der Waals surface area contributed by atoms with Gasteiger partial charge >= 0.3 is 6.09 Å². The summed E-state index contributed by atoms with van der Waals surface area (Å²) in [4.78, 5) is 11.7. The average Bonchev–Trinajstić information content (AvgIpc) is 3.23. The SMILES string of the molecule is O=C(NCCOCCOCCOCCOCCOCCOCCOCCOCCOCCOCCOCCOCCOc1ccccc1)OCc1ccccc1. The summed E-state index contributed by atoms with van der Waals surface area (Å²) in [6.07, 6.45) is -0.471. The summed E-state index contributed by atoms with van der Waals surface area (Å²) < 4.78 is 76.5. The van der Waals surface area contributed by atoms with Gasteiger partial charge in [-0.1, -0.05) is 48.5 Å². The molecule has 0 radical (unpaired) electrons. The van der Waals surface area contributed by atoms with Gasteiger partial charge in [0, 0.05) is 6.54 Å². The van der Waals surface area contributed by atoms with Crippen LogP contribution in [-0.4, -0.2) is 178 Å². The predicted molar refractivity (Wildman–Crippen MR) is 206 cm³/mol. The fraction of sp³-hybridized carbons (Fsp3) is 0.675. The van der Waals surface area contributed by atoms with E-state index < -0.39 is 6.09 Å². The van der Waals surface area contributed by atoms with Crippen molar-refractivity contribution in [2.75, 3.05) is 172 Å². The van der Waals surface area contributed by atoms with Crippen LogP contribution < -0.4 is 10.1 Å². The second-order valence-electron chi connectivity index (χ2n) is 11.5. The molecule has 0 heterocycles. The summed E-state index contributed by atoms with van der Waals surface area (Å²) in [7, 11) is 0. The van der Waals surface area contributed by atoms with Crippen LogP contribution in [-0.2, 0) is 68.2 Å². The first kappa shape index (κ1) is 49.2. The number of hydrogen-bond donors (Lipinski definition) is 1. The number of benzene rings is 2. The van der Waals surface area contributed by atoms with Crippen molar-refractivity contribution >= 4 is 6.09 Å². The van der Waals surface area contributed by atoms with E-state index in [2.05, 4.69) is 5.32 Å². The Morgan fingerprint density at radius 2 is 0.643 bits per heavy atom. The molecule has 1 N–H and O–H groups in total. The van der Waals surface area contributed by atoms with Gasteiger partial charge < -0.3 is 71.6 Å². The van der Waals surface area contributed by atoms with Gasteiger partial charge in [0.15, 0.2) is 0 Å². The molecule has 2 rings (SSSR count). The molecule has 16 heteroatoms. The molecule has 0 aromatic heterocycles. The third-order valence-corrected chi connectivity index (χ3v) is 7.06. The molecule has 0 atom stereocenters. The van der Waals surface area contributed by atoms with Gasteiger partial charge in [-0.2, -0.15) is 0 Å². The first-order valence-corrected chi connectivity index (χ1v) is 19.4. The predicted octanol–water partition coefficient (Wildman–Crippen LogP) is 3.19.